The second-order valence-electron chi connectivity index (χ2n) is 3.05. The maximum atomic E-state index is 3.10. The zero-order valence-electron chi connectivity index (χ0n) is 6.98. The Bertz CT molecular complexity index is 138. The van der Waals surface area contributed by atoms with Gasteiger partial charge in [0.25, 0.3) is 0 Å². The Hall–Kier alpha value is 3.01. The highest BCUT2D eigenvalue weighted by atomic mass is 32.6. The van der Waals surface area contributed by atoms with Gasteiger partial charge in [-0.1, -0.05) is 29.0 Å². The fourth-order valence-electron chi connectivity index (χ4n) is 1.69. The third-order valence-electron chi connectivity index (χ3n) is 2.33. The summed E-state index contributed by atoms with van der Waals surface area (Å²) in [6, 6.07) is 0. The van der Waals surface area contributed by atoms with Crippen molar-refractivity contribution in [3.63, 3.8) is 0 Å². The lowest BCUT2D eigenvalue weighted by Crippen LogP contribution is -2.09. The molecule has 0 amide bonds. The number of rotatable bonds is 3. The van der Waals surface area contributed by atoms with E-state index >= 15 is 0 Å². The Morgan fingerprint density at radius 1 is 1.08 bits per heavy atom. The van der Waals surface area contributed by atoms with Crippen molar-refractivity contribution >= 4 is 58.3 Å². The second kappa shape index (κ2) is 6.56. The molecule has 1 rings (SSSR count). The molecular formula is C5H17P7. The van der Waals surface area contributed by atoms with E-state index in [1.165, 1.54) is 19.3 Å². The van der Waals surface area contributed by atoms with E-state index in [0.29, 0.717) is 0 Å². The van der Waals surface area contributed by atoms with Gasteiger partial charge in [0.15, 0.2) is 0 Å². The van der Waals surface area contributed by atoms with Crippen molar-refractivity contribution in [3.8, 4) is 0 Å². The van der Waals surface area contributed by atoms with Crippen molar-refractivity contribution in [2.24, 2.45) is 0 Å². The summed E-state index contributed by atoms with van der Waals surface area (Å²) in [5.41, 5.74) is 2.06. The number of hydrogen-bond acceptors (Lipinski definition) is 0. The van der Waals surface area contributed by atoms with Crippen molar-refractivity contribution in [2.45, 2.75) is 30.6 Å². The van der Waals surface area contributed by atoms with E-state index < -0.39 is 0 Å². The SMILES string of the molecule is PPP(P)C1CCCC1P(P)P. The van der Waals surface area contributed by atoms with Crippen LogP contribution < -0.4 is 0 Å². The van der Waals surface area contributed by atoms with Crippen LogP contribution in [-0.4, -0.2) is 11.3 Å². The van der Waals surface area contributed by atoms with E-state index in [0.717, 1.165) is 19.3 Å². The molecule has 0 aliphatic heterocycles. The maximum Gasteiger partial charge on any atom is -0.00623 e. The van der Waals surface area contributed by atoms with E-state index in [9.17, 15) is 0 Å². The van der Waals surface area contributed by atoms with Gasteiger partial charge in [-0.25, -0.2) is 0 Å². The third-order valence-corrected chi connectivity index (χ3v) is 17.6. The average Bonchev–Trinajstić information content (AvgIpc) is 2.50. The largest absolute Gasteiger partial charge is 0.110 e. The second-order valence-corrected chi connectivity index (χ2v) is 19.6. The highest BCUT2D eigenvalue weighted by Crippen LogP contribution is 2.76. The van der Waals surface area contributed by atoms with Crippen LogP contribution in [0, 0.1) is 0 Å². The van der Waals surface area contributed by atoms with Gasteiger partial charge in [-0.05, 0) is 24.2 Å². The van der Waals surface area contributed by atoms with Gasteiger partial charge in [-0.3, -0.25) is 0 Å². The van der Waals surface area contributed by atoms with Gasteiger partial charge in [-0.2, -0.15) is 0 Å². The molecule has 0 heterocycles. The van der Waals surface area contributed by atoms with Crippen molar-refractivity contribution < 1.29 is 0 Å². The Morgan fingerprint density at radius 2 is 1.67 bits per heavy atom. The molecule has 0 aromatic rings. The normalized spacial score (nSPS) is 33.8. The molecule has 0 radical (unpaired) electrons. The molecule has 0 aromatic carbocycles. The first-order valence-electron chi connectivity index (χ1n) is 3.95. The van der Waals surface area contributed by atoms with Crippen molar-refractivity contribution in [2.75, 3.05) is 0 Å². The first-order chi connectivity index (χ1) is 5.66. The van der Waals surface area contributed by atoms with E-state index in [1.54, 1.807) is 0 Å². The first-order valence-corrected chi connectivity index (χ1v) is 15.3. The van der Waals surface area contributed by atoms with Crippen LogP contribution in [0.2, 0.25) is 0 Å². The van der Waals surface area contributed by atoms with Crippen molar-refractivity contribution in [3.05, 3.63) is 0 Å². The quantitative estimate of drug-likeness (QED) is 0.666. The predicted octanol–water partition coefficient (Wildman–Crippen LogP) is 4.63. The first kappa shape index (κ1) is 13.1. The molecule has 0 spiro atoms. The topological polar surface area (TPSA) is 0 Å². The van der Waals surface area contributed by atoms with Crippen molar-refractivity contribution in [1.82, 2.24) is 0 Å². The lowest BCUT2D eigenvalue weighted by atomic mass is 10.4. The molecule has 8 unspecified atom stereocenters. The molecule has 8 atom stereocenters. The maximum absolute atomic E-state index is 3.10. The van der Waals surface area contributed by atoms with E-state index in [4.69, 9.17) is 0 Å². The van der Waals surface area contributed by atoms with Crippen molar-refractivity contribution in [1.29, 1.82) is 0 Å². The minimum Gasteiger partial charge on any atom is -0.110 e. The van der Waals surface area contributed by atoms with Crippen LogP contribution in [0.25, 0.3) is 0 Å². The zero-order valence-corrected chi connectivity index (χ0v) is 14.4. The molecule has 0 bridgehead atoms. The Morgan fingerprint density at radius 3 is 2.17 bits per heavy atom. The molecule has 0 N–H and O–H groups in total. The lowest BCUT2D eigenvalue weighted by molar-refractivity contribution is 0.890. The van der Waals surface area contributed by atoms with Crippen LogP contribution in [-0.2, 0) is 0 Å². The summed E-state index contributed by atoms with van der Waals surface area (Å²) in [7, 11) is 13.5. The summed E-state index contributed by atoms with van der Waals surface area (Å²) in [5, 5.41) is 0. The van der Waals surface area contributed by atoms with E-state index in [2.05, 4.69) is 35.7 Å². The van der Waals surface area contributed by atoms with Gasteiger partial charge in [0.1, 0.15) is 0 Å². The van der Waals surface area contributed by atoms with Gasteiger partial charge in [0.2, 0.25) is 0 Å². The molecule has 0 nitrogen and oxygen atoms in total. The smallest absolute Gasteiger partial charge is 0.00623 e. The summed E-state index contributed by atoms with van der Waals surface area (Å²) < 4.78 is 0. The monoisotopic (exact) mass is 294 g/mol. The summed E-state index contributed by atoms with van der Waals surface area (Å²) >= 11 is 0. The summed E-state index contributed by atoms with van der Waals surface area (Å²) in [4.78, 5) is 0. The minimum absolute atomic E-state index is 0.152. The van der Waals surface area contributed by atoms with Gasteiger partial charge >= 0.3 is 0 Å². The number of hydrogen-bond donors (Lipinski definition) is 0. The Balaban J connectivity index is 2.51. The zero-order chi connectivity index (χ0) is 9.14. The van der Waals surface area contributed by atoms with Gasteiger partial charge in [-0.15, -0.1) is 35.7 Å². The lowest BCUT2D eigenvalue weighted by Gasteiger charge is -2.27. The van der Waals surface area contributed by atoms with Crippen LogP contribution in [0.1, 0.15) is 19.3 Å². The van der Waals surface area contributed by atoms with Crippen LogP contribution in [0.3, 0.4) is 0 Å². The van der Waals surface area contributed by atoms with E-state index in [1.807, 2.05) is 0 Å². The van der Waals surface area contributed by atoms with E-state index in [-0.39, 0.29) is 14.6 Å². The standard InChI is InChI=1S/C5H17P7/c6-10-12(9)5-3-1-2-4(5)11(7)8/h4-5,10H,1-3,6-9H2. The summed E-state index contributed by atoms with van der Waals surface area (Å²) in [6.45, 7) is 0. The molecule has 0 aromatic heterocycles. The van der Waals surface area contributed by atoms with Crippen LogP contribution in [0.5, 0.6) is 0 Å². The molecule has 12 heavy (non-hydrogen) atoms. The molecule has 1 aliphatic rings. The predicted molar refractivity (Wildman–Crippen MR) is 82.4 cm³/mol. The molecular weight excluding hydrogens is 277 g/mol. The average molecular weight is 294 g/mol. The molecule has 7 heteroatoms. The minimum atomic E-state index is 0.152. The molecule has 1 fully saturated rings. The van der Waals surface area contributed by atoms with Gasteiger partial charge in [0.05, 0.1) is 0 Å². The molecule has 1 aliphatic carbocycles. The fourth-order valence-corrected chi connectivity index (χ4v) is 12.9. The molecule has 72 valence electrons. The summed E-state index contributed by atoms with van der Waals surface area (Å²) in [5.74, 6) is 0. The van der Waals surface area contributed by atoms with Gasteiger partial charge < -0.3 is 0 Å². The molecule has 0 saturated heterocycles. The third kappa shape index (κ3) is 3.54. The van der Waals surface area contributed by atoms with Crippen LogP contribution in [0.4, 0.5) is 0 Å². The van der Waals surface area contributed by atoms with Crippen LogP contribution >= 0.6 is 58.3 Å². The molecule has 1 saturated carbocycles. The van der Waals surface area contributed by atoms with Crippen LogP contribution in [0.15, 0.2) is 0 Å². The highest BCUT2D eigenvalue weighted by Gasteiger charge is 2.32. The highest BCUT2D eigenvalue weighted by molar-refractivity contribution is 8.61. The Labute approximate surface area is 88.9 Å². The van der Waals surface area contributed by atoms with Gasteiger partial charge in [0, 0.05) is 0 Å². The fraction of sp³-hybridized carbons (Fsp3) is 1.00. The Kier molecular flexibility index (Phi) is 7.15. The summed E-state index contributed by atoms with van der Waals surface area (Å²) in [6.07, 6.45) is 4.44.